The Morgan fingerprint density at radius 3 is 2.27 bits per heavy atom. The lowest BCUT2D eigenvalue weighted by molar-refractivity contribution is 0.628. The second kappa shape index (κ2) is 5.71. The molecule has 2 nitrogen and oxygen atoms in total. The third-order valence-electron chi connectivity index (χ3n) is 3.42. The molecule has 0 aliphatic carbocycles. The minimum Gasteiger partial charge on any atom is -0.321 e. The lowest BCUT2D eigenvalue weighted by Crippen LogP contribution is -2.12. The summed E-state index contributed by atoms with van der Waals surface area (Å²) in [5, 5.41) is 0. The van der Waals surface area contributed by atoms with E-state index in [1.807, 2.05) is 36.4 Å². The van der Waals surface area contributed by atoms with E-state index in [0.717, 1.165) is 11.1 Å². The highest BCUT2D eigenvalue weighted by Gasteiger charge is 2.10. The average molecular weight is 289 g/mol. The number of terminal acetylenes is 1. The topological polar surface area (TPSA) is 32.9 Å². The van der Waals surface area contributed by atoms with Crippen LogP contribution in [0.25, 0.3) is 22.4 Å². The molecule has 0 saturated heterocycles. The summed E-state index contributed by atoms with van der Waals surface area (Å²) in [6, 6.07) is 17.2. The Bertz CT molecular complexity index is 903. The van der Waals surface area contributed by atoms with Gasteiger partial charge in [-0.15, -0.1) is 6.42 Å². The van der Waals surface area contributed by atoms with Crippen LogP contribution in [0.2, 0.25) is 0 Å². The molecule has 0 fully saturated rings. The van der Waals surface area contributed by atoms with Gasteiger partial charge in [0.15, 0.2) is 0 Å². The number of H-pyrrole nitrogens is 1. The number of halogens is 1. The molecule has 0 unspecified atom stereocenters. The summed E-state index contributed by atoms with van der Waals surface area (Å²) in [6.07, 6.45) is 5.48. The fraction of sp³-hybridized carbons (Fsp3) is 0. The zero-order valence-electron chi connectivity index (χ0n) is 11.6. The summed E-state index contributed by atoms with van der Waals surface area (Å²) in [4.78, 5) is 15.0. The van der Waals surface area contributed by atoms with Crippen LogP contribution in [0.5, 0.6) is 0 Å². The van der Waals surface area contributed by atoms with Crippen molar-refractivity contribution in [2.24, 2.45) is 0 Å². The standard InChI is InChI=1S/C19H12FNO/c1-2-16-17(13-6-4-3-5-7-13)12-18(21-19(16)22)14-8-10-15(20)11-9-14/h1,3-12H,(H,21,22). The SMILES string of the molecule is C#Cc1c(-c2ccccc2)cc(-c2ccc(F)cc2)[nH]c1=O. The van der Waals surface area contributed by atoms with E-state index in [0.29, 0.717) is 11.3 Å². The second-order valence-corrected chi connectivity index (χ2v) is 4.82. The Morgan fingerprint density at radius 2 is 1.64 bits per heavy atom. The molecule has 2 aromatic carbocycles. The zero-order chi connectivity index (χ0) is 15.5. The van der Waals surface area contributed by atoms with E-state index >= 15 is 0 Å². The number of nitrogens with one attached hydrogen (secondary N) is 1. The van der Waals surface area contributed by atoms with Crippen LogP contribution in [-0.2, 0) is 0 Å². The van der Waals surface area contributed by atoms with E-state index in [1.54, 1.807) is 12.1 Å². The van der Waals surface area contributed by atoms with Crippen LogP contribution < -0.4 is 5.56 Å². The molecule has 1 N–H and O–H groups in total. The molecule has 22 heavy (non-hydrogen) atoms. The maximum absolute atomic E-state index is 13.0. The largest absolute Gasteiger partial charge is 0.321 e. The highest BCUT2D eigenvalue weighted by molar-refractivity contribution is 5.75. The molecule has 106 valence electrons. The van der Waals surface area contributed by atoms with Gasteiger partial charge in [0.1, 0.15) is 5.82 Å². The van der Waals surface area contributed by atoms with E-state index in [2.05, 4.69) is 10.9 Å². The van der Waals surface area contributed by atoms with Gasteiger partial charge >= 0.3 is 0 Å². The van der Waals surface area contributed by atoms with Crippen LogP contribution in [0.4, 0.5) is 4.39 Å². The molecule has 3 heteroatoms. The average Bonchev–Trinajstić information content (AvgIpc) is 2.55. The van der Waals surface area contributed by atoms with Gasteiger partial charge in [-0.2, -0.15) is 0 Å². The maximum Gasteiger partial charge on any atom is 0.264 e. The molecule has 1 aromatic heterocycles. The zero-order valence-corrected chi connectivity index (χ0v) is 11.6. The number of hydrogen-bond donors (Lipinski definition) is 1. The van der Waals surface area contributed by atoms with Gasteiger partial charge in [-0.1, -0.05) is 36.3 Å². The smallest absolute Gasteiger partial charge is 0.264 e. The van der Waals surface area contributed by atoms with Crippen molar-refractivity contribution in [3.05, 3.63) is 82.4 Å². The first-order chi connectivity index (χ1) is 10.7. The third kappa shape index (κ3) is 2.55. The summed E-state index contributed by atoms with van der Waals surface area (Å²) in [6.45, 7) is 0. The van der Waals surface area contributed by atoms with Crippen molar-refractivity contribution in [2.75, 3.05) is 0 Å². The van der Waals surface area contributed by atoms with Crippen LogP contribution in [0.15, 0.2) is 65.5 Å². The third-order valence-corrected chi connectivity index (χ3v) is 3.42. The van der Waals surface area contributed by atoms with Crippen molar-refractivity contribution in [1.29, 1.82) is 0 Å². The van der Waals surface area contributed by atoms with E-state index < -0.39 is 0 Å². The van der Waals surface area contributed by atoms with Crippen molar-refractivity contribution >= 4 is 0 Å². The molecule has 0 radical (unpaired) electrons. The van der Waals surface area contributed by atoms with E-state index in [9.17, 15) is 9.18 Å². The number of hydrogen-bond acceptors (Lipinski definition) is 1. The lowest BCUT2D eigenvalue weighted by Gasteiger charge is -2.08. The Balaban J connectivity index is 2.24. The van der Waals surface area contributed by atoms with Gasteiger partial charge in [0.05, 0.1) is 5.56 Å². The van der Waals surface area contributed by atoms with Gasteiger partial charge in [-0.3, -0.25) is 4.79 Å². The van der Waals surface area contributed by atoms with Crippen LogP contribution in [0, 0.1) is 18.2 Å². The number of rotatable bonds is 2. The van der Waals surface area contributed by atoms with Gasteiger partial charge in [0, 0.05) is 11.3 Å². The minimum atomic E-state index is -0.330. The molecule has 0 amide bonds. The van der Waals surface area contributed by atoms with Crippen molar-refractivity contribution in [2.45, 2.75) is 0 Å². The number of aromatic nitrogens is 1. The quantitative estimate of drug-likeness (QED) is 0.715. The summed E-state index contributed by atoms with van der Waals surface area (Å²) in [7, 11) is 0. The fourth-order valence-electron chi connectivity index (χ4n) is 2.33. The molecule has 0 aliphatic rings. The molecule has 0 bridgehead atoms. The summed E-state index contributed by atoms with van der Waals surface area (Å²) >= 11 is 0. The number of pyridine rings is 1. The van der Waals surface area contributed by atoms with Crippen LogP contribution in [0.3, 0.4) is 0 Å². The summed E-state index contributed by atoms with van der Waals surface area (Å²) in [5.74, 6) is 2.12. The van der Waals surface area contributed by atoms with Crippen molar-refractivity contribution in [1.82, 2.24) is 4.98 Å². The maximum atomic E-state index is 13.0. The molecular formula is C19H12FNO. The van der Waals surface area contributed by atoms with Gasteiger partial charge in [0.25, 0.3) is 5.56 Å². The van der Waals surface area contributed by atoms with E-state index in [-0.39, 0.29) is 16.9 Å². The Kier molecular flexibility index (Phi) is 3.59. The minimum absolute atomic E-state index is 0.289. The fourth-order valence-corrected chi connectivity index (χ4v) is 2.33. The second-order valence-electron chi connectivity index (χ2n) is 4.82. The molecule has 0 aliphatic heterocycles. The summed E-state index contributed by atoms with van der Waals surface area (Å²) in [5.41, 5.74) is 2.83. The highest BCUT2D eigenvalue weighted by atomic mass is 19.1. The van der Waals surface area contributed by atoms with Crippen molar-refractivity contribution in [3.63, 3.8) is 0 Å². The normalized spacial score (nSPS) is 10.2. The monoisotopic (exact) mass is 289 g/mol. The molecule has 0 atom stereocenters. The van der Waals surface area contributed by atoms with Gasteiger partial charge in [-0.25, -0.2) is 4.39 Å². The molecule has 1 heterocycles. The van der Waals surface area contributed by atoms with Crippen LogP contribution in [-0.4, -0.2) is 4.98 Å². The highest BCUT2D eigenvalue weighted by Crippen LogP contribution is 2.25. The van der Waals surface area contributed by atoms with Crippen LogP contribution in [0.1, 0.15) is 5.56 Å². The predicted octanol–water partition coefficient (Wildman–Crippen LogP) is 3.83. The molecule has 3 rings (SSSR count). The lowest BCUT2D eigenvalue weighted by atomic mass is 9.99. The molecule has 0 saturated carbocycles. The first-order valence-corrected chi connectivity index (χ1v) is 6.74. The van der Waals surface area contributed by atoms with Crippen molar-refractivity contribution < 1.29 is 4.39 Å². The number of benzene rings is 2. The van der Waals surface area contributed by atoms with Crippen molar-refractivity contribution in [3.8, 4) is 34.7 Å². The molecule has 0 spiro atoms. The van der Waals surface area contributed by atoms with E-state index in [4.69, 9.17) is 6.42 Å². The predicted molar refractivity (Wildman–Crippen MR) is 85.8 cm³/mol. The Labute approximate surface area is 127 Å². The van der Waals surface area contributed by atoms with Gasteiger partial charge in [0.2, 0.25) is 0 Å². The first kappa shape index (κ1) is 13.8. The van der Waals surface area contributed by atoms with Crippen LogP contribution >= 0.6 is 0 Å². The molecule has 3 aromatic rings. The van der Waals surface area contributed by atoms with Gasteiger partial charge < -0.3 is 4.98 Å². The Hall–Kier alpha value is -3.12. The first-order valence-electron chi connectivity index (χ1n) is 6.74. The molecular weight excluding hydrogens is 277 g/mol. The number of aromatic amines is 1. The summed E-state index contributed by atoms with van der Waals surface area (Å²) < 4.78 is 13.0. The van der Waals surface area contributed by atoms with Gasteiger partial charge in [-0.05, 0) is 41.5 Å². The Morgan fingerprint density at radius 1 is 0.955 bits per heavy atom. The van der Waals surface area contributed by atoms with E-state index in [1.165, 1.54) is 12.1 Å².